The zero-order chi connectivity index (χ0) is 19.1. The van der Waals surface area contributed by atoms with E-state index >= 15 is 0 Å². The second-order valence-corrected chi connectivity index (χ2v) is 7.41. The van der Waals surface area contributed by atoms with Gasteiger partial charge in [-0.2, -0.15) is 5.10 Å². The van der Waals surface area contributed by atoms with E-state index in [2.05, 4.69) is 15.5 Å². The van der Waals surface area contributed by atoms with Crippen molar-refractivity contribution in [2.45, 2.75) is 51.0 Å². The lowest BCUT2D eigenvalue weighted by atomic mass is 10.1. The molecule has 1 amide bonds. The molecule has 1 aromatic heterocycles. The molecule has 1 aliphatic rings. The van der Waals surface area contributed by atoms with Gasteiger partial charge in [-0.05, 0) is 56.8 Å². The molecule has 2 aromatic rings. The number of rotatable bonds is 9. The molecule has 1 aliphatic heterocycles. The lowest BCUT2D eigenvalue weighted by Gasteiger charge is -2.19. The van der Waals surface area contributed by atoms with E-state index in [0.717, 1.165) is 62.1 Å². The van der Waals surface area contributed by atoms with Gasteiger partial charge in [-0.3, -0.25) is 9.89 Å². The number of aryl methyl sites for hydroxylation is 1. The number of carbonyl (C=O) groups excluding carboxylic acids is 1. The molecule has 5 nitrogen and oxygen atoms in total. The fourth-order valence-electron chi connectivity index (χ4n) is 3.55. The van der Waals surface area contributed by atoms with Crippen LogP contribution in [-0.4, -0.2) is 47.2 Å². The molecule has 1 atom stereocenters. The van der Waals surface area contributed by atoms with Crippen LogP contribution in [0.2, 0.25) is 0 Å². The quantitative estimate of drug-likeness (QED) is 0.662. The Kier molecular flexibility index (Phi) is 6.98. The Hall–Kier alpha value is -2.21. The summed E-state index contributed by atoms with van der Waals surface area (Å²) in [5, 5.41) is 10.7. The predicted octanol–water partition coefficient (Wildman–Crippen LogP) is 3.53. The van der Waals surface area contributed by atoms with E-state index in [-0.39, 0.29) is 11.7 Å². The molecule has 0 radical (unpaired) electrons. The first-order chi connectivity index (χ1) is 13.1. The highest BCUT2D eigenvalue weighted by Gasteiger charge is 2.19. The molecule has 0 saturated carbocycles. The second kappa shape index (κ2) is 9.65. The molecular formula is C21H29FN4O. The minimum absolute atomic E-state index is 0.239. The zero-order valence-electron chi connectivity index (χ0n) is 16.0. The molecule has 27 heavy (non-hydrogen) atoms. The average Bonchev–Trinajstić information content (AvgIpc) is 3.33. The molecule has 3 rings (SSSR count). The van der Waals surface area contributed by atoms with Crippen LogP contribution in [-0.2, 0) is 11.2 Å². The minimum atomic E-state index is -0.251. The smallest absolute Gasteiger partial charge is 0.223 e. The van der Waals surface area contributed by atoms with Crippen LogP contribution in [0, 0.1) is 5.82 Å². The summed E-state index contributed by atoms with van der Waals surface area (Å²) < 4.78 is 13.3. The number of H-pyrrole nitrogens is 1. The third-order valence-electron chi connectivity index (χ3n) is 5.20. The number of unbranched alkanes of at least 4 members (excludes halogenated alkanes) is 2. The van der Waals surface area contributed by atoms with Gasteiger partial charge in [0, 0.05) is 37.3 Å². The molecule has 1 fully saturated rings. The zero-order valence-corrected chi connectivity index (χ0v) is 16.0. The highest BCUT2D eigenvalue weighted by molar-refractivity contribution is 5.76. The highest BCUT2D eigenvalue weighted by atomic mass is 19.1. The molecule has 0 aliphatic carbocycles. The van der Waals surface area contributed by atoms with Crippen LogP contribution in [0.1, 0.15) is 44.2 Å². The van der Waals surface area contributed by atoms with E-state index in [4.69, 9.17) is 0 Å². The van der Waals surface area contributed by atoms with E-state index in [1.54, 1.807) is 6.07 Å². The van der Waals surface area contributed by atoms with Gasteiger partial charge in [-0.25, -0.2) is 4.39 Å². The van der Waals surface area contributed by atoms with Gasteiger partial charge < -0.3 is 10.2 Å². The summed E-state index contributed by atoms with van der Waals surface area (Å²) in [7, 11) is 1.90. The topological polar surface area (TPSA) is 61.0 Å². The van der Waals surface area contributed by atoms with Crippen LogP contribution < -0.4 is 5.32 Å². The SMILES string of the molecule is CN(CCCCCc1cc(-c2cccc(F)c2)n[nH]1)C(=O)CC1CCCN1. The van der Waals surface area contributed by atoms with Crippen LogP contribution in [0.15, 0.2) is 30.3 Å². The second-order valence-electron chi connectivity index (χ2n) is 7.41. The number of nitrogens with zero attached hydrogens (tertiary/aromatic N) is 2. The van der Waals surface area contributed by atoms with Crippen LogP contribution in [0.25, 0.3) is 11.3 Å². The largest absolute Gasteiger partial charge is 0.346 e. The van der Waals surface area contributed by atoms with E-state index in [1.165, 1.54) is 18.6 Å². The number of amides is 1. The van der Waals surface area contributed by atoms with Crippen LogP contribution in [0.4, 0.5) is 4.39 Å². The van der Waals surface area contributed by atoms with Gasteiger partial charge in [0.2, 0.25) is 5.91 Å². The van der Waals surface area contributed by atoms with Gasteiger partial charge >= 0.3 is 0 Å². The Bertz CT molecular complexity index is 739. The molecule has 0 bridgehead atoms. The first kappa shape index (κ1) is 19.5. The Morgan fingerprint density at radius 3 is 2.96 bits per heavy atom. The number of hydrogen-bond donors (Lipinski definition) is 2. The number of carbonyl (C=O) groups is 1. The lowest BCUT2D eigenvalue weighted by molar-refractivity contribution is -0.130. The molecule has 6 heteroatoms. The molecule has 1 aromatic carbocycles. The Balaban J connectivity index is 1.34. The molecule has 0 spiro atoms. The van der Waals surface area contributed by atoms with E-state index in [1.807, 2.05) is 24.1 Å². The summed E-state index contributed by atoms with van der Waals surface area (Å²) in [6.45, 7) is 1.85. The third kappa shape index (κ3) is 5.89. The summed E-state index contributed by atoms with van der Waals surface area (Å²) in [6.07, 6.45) is 6.92. The molecule has 2 N–H and O–H groups in total. The van der Waals surface area contributed by atoms with Crippen molar-refractivity contribution < 1.29 is 9.18 Å². The van der Waals surface area contributed by atoms with Crippen LogP contribution in [0.5, 0.6) is 0 Å². The van der Waals surface area contributed by atoms with Crippen LogP contribution >= 0.6 is 0 Å². The van der Waals surface area contributed by atoms with Gasteiger partial charge in [-0.15, -0.1) is 0 Å². The monoisotopic (exact) mass is 372 g/mol. The minimum Gasteiger partial charge on any atom is -0.346 e. The van der Waals surface area contributed by atoms with Gasteiger partial charge in [0.05, 0.1) is 5.69 Å². The maximum atomic E-state index is 13.3. The van der Waals surface area contributed by atoms with E-state index in [0.29, 0.717) is 12.5 Å². The Morgan fingerprint density at radius 2 is 2.19 bits per heavy atom. The van der Waals surface area contributed by atoms with E-state index < -0.39 is 0 Å². The summed E-state index contributed by atoms with van der Waals surface area (Å²) in [5.74, 6) is -0.0119. The summed E-state index contributed by atoms with van der Waals surface area (Å²) in [4.78, 5) is 14.1. The molecule has 2 heterocycles. The average molecular weight is 372 g/mol. The van der Waals surface area contributed by atoms with Crippen molar-refractivity contribution in [1.82, 2.24) is 20.4 Å². The highest BCUT2D eigenvalue weighted by Crippen LogP contribution is 2.19. The van der Waals surface area contributed by atoms with Crippen LogP contribution in [0.3, 0.4) is 0 Å². The van der Waals surface area contributed by atoms with Crippen molar-refractivity contribution in [3.63, 3.8) is 0 Å². The summed E-state index contributed by atoms with van der Waals surface area (Å²) in [5.41, 5.74) is 2.62. The maximum absolute atomic E-state index is 13.3. The molecule has 1 unspecified atom stereocenters. The number of nitrogens with one attached hydrogen (secondary N) is 2. The first-order valence-electron chi connectivity index (χ1n) is 9.89. The fraction of sp³-hybridized carbons (Fsp3) is 0.524. The van der Waals surface area contributed by atoms with E-state index in [9.17, 15) is 9.18 Å². The maximum Gasteiger partial charge on any atom is 0.223 e. The Labute approximate surface area is 160 Å². The fourth-order valence-corrected chi connectivity index (χ4v) is 3.55. The summed E-state index contributed by atoms with van der Waals surface area (Å²) >= 11 is 0. The number of halogens is 1. The first-order valence-corrected chi connectivity index (χ1v) is 9.89. The van der Waals surface area contributed by atoms with Gasteiger partial charge in [0.1, 0.15) is 5.82 Å². The molecule has 1 saturated heterocycles. The number of hydrogen-bond acceptors (Lipinski definition) is 3. The van der Waals surface area contributed by atoms with Gasteiger partial charge in [-0.1, -0.05) is 18.6 Å². The third-order valence-corrected chi connectivity index (χ3v) is 5.20. The number of aromatic amines is 1. The van der Waals surface area contributed by atoms with Crippen molar-refractivity contribution >= 4 is 5.91 Å². The number of benzene rings is 1. The van der Waals surface area contributed by atoms with Crippen molar-refractivity contribution in [1.29, 1.82) is 0 Å². The van der Waals surface area contributed by atoms with Gasteiger partial charge in [0.25, 0.3) is 0 Å². The Morgan fingerprint density at radius 1 is 1.30 bits per heavy atom. The van der Waals surface area contributed by atoms with Crippen molar-refractivity contribution in [3.05, 3.63) is 41.8 Å². The number of aromatic nitrogens is 2. The summed E-state index contributed by atoms with van der Waals surface area (Å²) in [6, 6.07) is 8.83. The van der Waals surface area contributed by atoms with Gasteiger partial charge in [0.15, 0.2) is 0 Å². The lowest BCUT2D eigenvalue weighted by Crippen LogP contribution is -2.33. The standard InChI is InChI=1S/C21H29FN4O/c1-26(21(27)15-18-10-6-11-23-18)12-4-2-3-9-19-14-20(25-24-19)16-7-5-8-17(22)13-16/h5,7-8,13-14,18,23H,2-4,6,9-12,15H2,1H3,(H,24,25). The molecule has 146 valence electrons. The normalized spacial score (nSPS) is 16.6. The van der Waals surface area contributed by atoms with Crippen molar-refractivity contribution in [2.24, 2.45) is 0 Å². The predicted molar refractivity (Wildman–Crippen MR) is 105 cm³/mol. The van der Waals surface area contributed by atoms with Crippen molar-refractivity contribution in [2.75, 3.05) is 20.1 Å². The van der Waals surface area contributed by atoms with Crippen molar-refractivity contribution in [3.8, 4) is 11.3 Å². The molecular weight excluding hydrogens is 343 g/mol.